The van der Waals surface area contributed by atoms with Crippen LogP contribution in [0.5, 0.6) is 0 Å². The van der Waals surface area contributed by atoms with Crippen LogP contribution < -0.4 is 5.32 Å². The molecule has 0 aromatic carbocycles. The molecule has 0 radical (unpaired) electrons. The topological polar surface area (TPSA) is 102 Å². The number of carbonyl (C=O) groups excluding carboxylic acids is 1. The second kappa shape index (κ2) is 6.66. The van der Waals surface area contributed by atoms with Gasteiger partial charge < -0.3 is 23.8 Å². The number of amides is 1. The Morgan fingerprint density at radius 1 is 1.19 bits per heavy atom. The first-order valence-electron chi connectivity index (χ1n) is 7.74. The van der Waals surface area contributed by atoms with Crippen LogP contribution in [0, 0.1) is 0 Å². The lowest BCUT2D eigenvalue weighted by molar-refractivity contribution is 0.0526. The molecule has 0 saturated heterocycles. The van der Waals surface area contributed by atoms with Gasteiger partial charge in [-0.05, 0) is 41.1 Å². The van der Waals surface area contributed by atoms with E-state index in [9.17, 15) is 9.90 Å². The molecule has 0 fully saturated rings. The Balaban J connectivity index is 1.52. The molecule has 132 valence electrons. The molecule has 0 saturated carbocycles. The maximum Gasteiger partial charge on any atom is 0.273 e. The third-order valence-electron chi connectivity index (χ3n) is 3.94. The van der Waals surface area contributed by atoms with E-state index < -0.39 is 11.5 Å². The molecule has 0 spiro atoms. The molecule has 4 rings (SSSR count). The van der Waals surface area contributed by atoms with Crippen LogP contribution in [0.3, 0.4) is 0 Å². The number of nitrogens with one attached hydrogen (secondary N) is 1. The van der Waals surface area contributed by atoms with Crippen LogP contribution in [0.4, 0.5) is 0 Å². The van der Waals surface area contributed by atoms with Crippen molar-refractivity contribution in [3.63, 3.8) is 0 Å². The number of hydrogen-bond donors (Lipinski definition) is 2. The largest absolute Gasteiger partial charge is 0.466 e. The lowest BCUT2D eigenvalue weighted by Gasteiger charge is -2.25. The van der Waals surface area contributed by atoms with Gasteiger partial charge in [0.1, 0.15) is 5.76 Å². The molecule has 7 nitrogen and oxygen atoms in total. The number of rotatable bonds is 6. The number of aliphatic hydroxyl groups is 1. The predicted octanol–water partition coefficient (Wildman–Crippen LogP) is 3.26. The number of carbonyl (C=O) groups is 1. The first kappa shape index (κ1) is 16.4. The summed E-state index contributed by atoms with van der Waals surface area (Å²) in [6, 6.07) is 10.0. The van der Waals surface area contributed by atoms with Crippen LogP contribution in [0.15, 0.2) is 73.0 Å². The number of aromatic nitrogens is 1. The van der Waals surface area contributed by atoms with E-state index in [1.54, 1.807) is 35.7 Å². The quantitative estimate of drug-likeness (QED) is 0.540. The monoisotopic (exact) mass is 370 g/mol. The summed E-state index contributed by atoms with van der Waals surface area (Å²) in [6.45, 7) is -0.0843. The van der Waals surface area contributed by atoms with Crippen LogP contribution in [0.25, 0.3) is 11.5 Å². The van der Waals surface area contributed by atoms with Gasteiger partial charge in [-0.3, -0.25) is 4.79 Å². The van der Waals surface area contributed by atoms with Crippen molar-refractivity contribution >= 4 is 17.2 Å². The maximum atomic E-state index is 12.4. The van der Waals surface area contributed by atoms with Gasteiger partial charge in [0, 0.05) is 11.6 Å². The zero-order chi connectivity index (χ0) is 18.0. The van der Waals surface area contributed by atoms with Crippen molar-refractivity contribution in [2.24, 2.45) is 0 Å². The van der Waals surface area contributed by atoms with Crippen molar-refractivity contribution < 1.29 is 23.3 Å². The van der Waals surface area contributed by atoms with Gasteiger partial charge in [-0.1, -0.05) is 5.16 Å². The van der Waals surface area contributed by atoms with Crippen molar-refractivity contribution in [2.75, 3.05) is 6.54 Å². The van der Waals surface area contributed by atoms with E-state index in [-0.39, 0.29) is 12.2 Å². The fourth-order valence-electron chi connectivity index (χ4n) is 2.56. The number of thiophene rings is 1. The molecule has 4 heterocycles. The van der Waals surface area contributed by atoms with Crippen molar-refractivity contribution in [3.05, 3.63) is 76.7 Å². The Bertz CT molecular complexity index is 937. The molecule has 0 aliphatic heterocycles. The SMILES string of the molecule is O=C(NC[C@@](O)(c1ccsc1)c1ccco1)c1cc(-c2ccco2)on1. The van der Waals surface area contributed by atoms with Gasteiger partial charge >= 0.3 is 0 Å². The van der Waals surface area contributed by atoms with Crippen LogP contribution in [-0.2, 0) is 5.60 Å². The van der Waals surface area contributed by atoms with Gasteiger partial charge in [-0.2, -0.15) is 11.3 Å². The van der Waals surface area contributed by atoms with Crippen LogP contribution in [0.2, 0.25) is 0 Å². The molecule has 8 heteroatoms. The summed E-state index contributed by atoms with van der Waals surface area (Å²) >= 11 is 1.44. The lowest BCUT2D eigenvalue weighted by Crippen LogP contribution is -2.41. The van der Waals surface area contributed by atoms with Gasteiger partial charge in [0.05, 0.1) is 19.1 Å². The summed E-state index contributed by atoms with van der Waals surface area (Å²) in [7, 11) is 0. The third-order valence-corrected chi connectivity index (χ3v) is 4.62. The van der Waals surface area contributed by atoms with E-state index >= 15 is 0 Å². The molecule has 2 N–H and O–H groups in total. The molecule has 0 unspecified atom stereocenters. The normalized spacial score (nSPS) is 13.4. The van der Waals surface area contributed by atoms with Crippen LogP contribution in [-0.4, -0.2) is 22.7 Å². The molecule has 4 aromatic heterocycles. The van der Waals surface area contributed by atoms with E-state index in [4.69, 9.17) is 13.4 Å². The van der Waals surface area contributed by atoms with Crippen LogP contribution >= 0.6 is 11.3 Å². The fraction of sp³-hybridized carbons (Fsp3) is 0.111. The highest BCUT2D eigenvalue weighted by Crippen LogP contribution is 2.31. The highest BCUT2D eigenvalue weighted by atomic mass is 32.1. The minimum atomic E-state index is -1.48. The van der Waals surface area contributed by atoms with E-state index in [1.807, 2.05) is 5.38 Å². The Kier molecular flexibility index (Phi) is 4.19. The first-order chi connectivity index (χ1) is 12.7. The highest BCUT2D eigenvalue weighted by molar-refractivity contribution is 7.08. The molecule has 0 bridgehead atoms. The predicted molar refractivity (Wildman–Crippen MR) is 92.6 cm³/mol. The van der Waals surface area contributed by atoms with Gasteiger partial charge in [0.2, 0.25) is 5.76 Å². The van der Waals surface area contributed by atoms with Crippen molar-refractivity contribution in [3.8, 4) is 11.5 Å². The van der Waals surface area contributed by atoms with Crippen molar-refractivity contribution in [1.29, 1.82) is 0 Å². The zero-order valence-electron chi connectivity index (χ0n) is 13.4. The Labute approximate surface area is 151 Å². The lowest BCUT2D eigenvalue weighted by atomic mass is 9.93. The minimum absolute atomic E-state index is 0.0843. The molecule has 0 aliphatic rings. The first-order valence-corrected chi connectivity index (χ1v) is 8.69. The van der Waals surface area contributed by atoms with Gasteiger partial charge in [-0.15, -0.1) is 0 Å². The molecule has 4 aromatic rings. The van der Waals surface area contributed by atoms with Crippen molar-refractivity contribution in [1.82, 2.24) is 10.5 Å². The van der Waals surface area contributed by atoms with Gasteiger partial charge in [0.15, 0.2) is 17.1 Å². The average Bonchev–Trinajstić information content (AvgIpc) is 3.45. The number of furan rings is 2. The second-order valence-corrected chi connectivity index (χ2v) is 6.37. The van der Waals surface area contributed by atoms with Crippen LogP contribution in [0.1, 0.15) is 21.8 Å². The summed E-state index contributed by atoms with van der Waals surface area (Å²) in [5.74, 6) is 0.681. The average molecular weight is 370 g/mol. The zero-order valence-corrected chi connectivity index (χ0v) is 14.2. The summed E-state index contributed by atoms with van der Waals surface area (Å²) in [6.07, 6.45) is 2.98. The van der Waals surface area contributed by atoms with Crippen molar-refractivity contribution in [2.45, 2.75) is 5.60 Å². The Morgan fingerprint density at radius 3 is 2.73 bits per heavy atom. The summed E-state index contributed by atoms with van der Waals surface area (Å²) in [5.41, 5.74) is -0.759. The van der Waals surface area contributed by atoms with E-state index in [2.05, 4.69) is 10.5 Å². The summed E-state index contributed by atoms with van der Waals surface area (Å²) in [5, 5.41) is 21.2. The van der Waals surface area contributed by atoms with E-state index in [0.717, 1.165) is 0 Å². The fourth-order valence-corrected chi connectivity index (χ4v) is 3.28. The molecule has 0 aliphatic carbocycles. The highest BCUT2D eigenvalue weighted by Gasteiger charge is 2.35. The Hall–Kier alpha value is -3.10. The molecular formula is C18H14N2O5S. The molecule has 26 heavy (non-hydrogen) atoms. The summed E-state index contributed by atoms with van der Waals surface area (Å²) < 4.78 is 15.7. The molecule has 1 amide bonds. The maximum absolute atomic E-state index is 12.4. The minimum Gasteiger partial charge on any atom is -0.466 e. The smallest absolute Gasteiger partial charge is 0.273 e. The van der Waals surface area contributed by atoms with E-state index in [0.29, 0.717) is 22.8 Å². The third kappa shape index (κ3) is 2.96. The van der Waals surface area contributed by atoms with E-state index in [1.165, 1.54) is 29.9 Å². The molecular weight excluding hydrogens is 356 g/mol. The number of nitrogens with zero attached hydrogens (tertiary/aromatic N) is 1. The Morgan fingerprint density at radius 2 is 2.04 bits per heavy atom. The number of hydrogen-bond acceptors (Lipinski definition) is 7. The standard InChI is InChI=1S/C18H14N2O5S/c21-17(13-9-15(25-20-13)14-3-1-6-23-14)19-11-18(22,12-5-8-26-10-12)16-4-2-7-24-16/h1-10,22H,11H2,(H,19,21)/t18-/m1/s1. The summed E-state index contributed by atoms with van der Waals surface area (Å²) in [4.78, 5) is 12.4. The van der Waals surface area contributed by atoms with Gasteiger partial charge in [0.25, 0.3) is 5.91 Å². The second-order valence-electron chi connectivity index (χ2n) is 5.59. The molecule has 1 atom stereocenters. The van der Waals surface area contributed by atoms with Gasteiger partial charge in [-0.25, -0.2) is 0 Å².